The summed E-state index contributed by atoms with van der Waals surface area (Å²) in [5.74, 6) is 0.524. The molecule has 0 spiro atoms. The summed E-state index contributed by atoms with van der Waals surface area (Å²) in [6, 6.07) is 11.8. The number of aromatic nitrogens is 1. The Bertz CT molecular complexity index is 1240. The fourth-order valence-corrected chi connectivity index (χ4v) is 6.15. The number of rotatable bonds is 9. The minimum Gasteiger partial charge on any atom is -0.489 e. The number of nitrogens with zero attached hydrogens (tertiary/aromatic N) is 1. The Hall–Kier alpha value is -2.46. The van der Waals surface area contributed by atoms with Crippen LogP contribution in [0.4, 0.5) is 5.69 Å². The van der Waals surface area contributed by atoms with E-state index in [1.807, 2.05) is 57.4 Å². The van der Waals surface area contributed by atoms with Crippen molar-refractivity contribution in [3.8, 4) is 26.8 Å². The van der Waals surface area contributed by atoms with Gasteiger partial charge >= 0.3 is 0 Å². The molecule has 0 amide bonds. The SMILES string of the molecule is CNc1cc(-c2ncc(-c3cccc4c3CC[C@@H]4NS(=O)(=O)CCO)s2)ccc1OC(C)C. The molecule has 33 heavy (non-hydrogen) atoms. The third kappa shape index (κ3) is 5.22. The number of hydrogen-bond acceptors (Lipinski definition) is 7. The van der Waals surface area contributed by atoms with Crippen molar-refractivity contribution in [2.24, 2.45) is 0 Å². The molecule has 0 radical (unpaired) electrons. The Balaban J connectivity index is 1.62. The summed E-state index contributed by atoms with van der Waals surface area (Å²) in [7, 11) is -1.64. The standard InChI is InChI=1S/C24H29N3O4S2/c1-15(2)31-22-10-7-16(13-21(22)25-3)24-26-14-23(32-24)19-6-4-5-18-17(19)8-9-20(18)27-33(29,30)12-11-28/h4-7,10,13-15,20,25,27-28H,8-9,11-12H2,1-3H3/t20-/m0/s1. The maximum atomic E-state index is 12.2. The number of ether oxygens (including phenoxy) is 1. The van der Waals surface area contributed by atoms with Crippen molar-refractivity contribution in [3.63, 3.8) is 0 Å². The van der Waals surface area contributed by atoms with Crippen LogP contribution in [0.5, 0.6) is 5.75 Å². The molecule has 1 aliphatic rings. The first-order valence-corrected chi connectivity index (χ1v) is 13.5. The van der Waals surface area contributed by atoms with Crippen molar-refractivity contribution in [1.82, 2.24) is 9.71 Å². The average Bonchev–Trinajstić information content (AvgIpc) is 3.41. The fourth-order valence-electron chi connectivity index (χ4n) is 4.15. The second-order valence-electron chi connectivity index (χ2n) is 8.28. The largest absolute Gasteiger partial charge is 0.489 e. The lowest BCUT2D eigenvalue weighted by Gasteiger charge is -2.15. The van der Waals surface area contributed by atoms with Crippen LogP contribution in [0, 0.1) is 0 Å². The molecule has 176 valence electrons. The van der Waals surface area contributed by atoms with E-state index in [0.29, 0.717) is 6.42 Å². The highest BCUT2D eigenvalue weighted by Crippen LogP contribution is 2.41. The molecule has 3 aromatic rings. The molecule has 1 aliphatic carbocycles. The molecule has 0 unspecified atom stereocenters. The fraction of sp³-hybridized carbons (Fsp3) is 0.375. The van der Waals surface area contributed by atoms with Gasteiger partial charge < -0.3 is 15.2 Å². The molecule has 0 saturated heterocycles. The van der Waals surface area contributed by atoms with Gasteiger partial charge in [-0.3, -0.25) is 0 Å². The van der Waals surface area contributed by atoms with Gasteiger partial charge in [-0.05, 0) is 61.6 Å². The predicted molar refractivity (Wildman–Crippen MR) is 133 cm³/mol. The van der Waals surface area contributed by atoms with E-state index in [0.717, 1.165) is 50.0 Å². The van der Waals surface area contributed by atoms with Crippen molar-refractivity contribution < 1.29 is 18.3 Å². The van der Waals surface area contributed by atoms with Crippen LogP contribution in [0.1, 0.15) is 37.4 Å². The number of fused-ring (bicyclic) bond motifs is 1. The van der Waals surface area contributed by atoms with E-state index in [1.54, 1.807) is 11.3 Å². The number of sulfonamides is 1. The third-order valence-electron chi connectivity index (χ3n) is 5.58. The maximum Gasteiger partial charge on any atom is 0.214 e. The monoisotopic (exact) mass is 487 g/mol. The number of nitrogens with one attached hydrogen (secondary N) is 2. The zero-order valence-corrected chi connectivity index (χ0v) is 20.6. The van der Waals surface area contributed by atoms with Crippen molar-refractivity contribution in [3.05, 3.63) is 53.7 Å². The third-order valence-corrected chi connectivity index (χ3v) is 8.03. The van der Waals surface area contributed by atoms with Gasteiger partial charge in [0, 0.05) is 24.8 Å². The quantitative estimate of drug-likeness (QED) is 0.418. The topological polar surface area (TPSA) is 101 Å². The zero-order chi connectivity index (χ0) is 23.6. The normalized spacial score (nSPS) is 15.6. The van der Waals surface area contributed by atoms with Gasteiger partial charge in [-0.25, -0.2) is 18.1 Å². The summed E-state index contributed by atoms with van der Waals surface area (Å²) < 4.78 is 32.9. The lowest BCUT2D eigenvalue weighted by atomic mass is 10.0. The molecule has 0 fully saturated rings. The number of aliphatic hydroxyl groups is 1. The summed E-state index contributed by atoms with van der Waals surface area (Å²) in [6.45, 7) is 3.61. The lowest BCUT2D eigenvalue weighted by molar-refractivity contribution is 0.244. The van der Waals surface area contributed by atoms with Gasteiger partial charge in [0.05, 0.1) is 29.0 Å². The van der Waals surface area contributed by atoms with Gasteiger partial charge in [-0.1, -0.05) is 18.2 Å². The molecule has 0 saturated carbocycles. The molecule has 0 aliphatic heterocycles. The van der Waals surface area contributed by atoms with Gasteiger partial charge in [0.2, 0.25) is 10.0 Å². The van der Waals surface area contributed by atoms with Gasteiger partial charge in [-0.15, -0.1) is 11.3 Å². The van der Waals surface area contributed by atoms with E-state index in [2.05, 4.69) is 21.1 Å². The highest BCUT2D eigenvalue weighted by Gasteiger charge is 2.28. The van der Waals surface area contributed by atoms with Gasteiger partial charge in [0.25, 0.3) is 0 Å². The molecule has 4 rings (SSSR count). The smallest absolute Gasteiger partial charge is 0.214 e. The molecule has 9 heteroatoms. The van der Waals surface area contributed by atoms with E-state index in [4.69, 9.17) is 9.84 Å². The highest BCUT2D eigenvalue weighted by atomic mass is 32.2. The lowest BCUT2D eigenvalue weighted by Crippen LogP contribution is -2.30. The first-order chi connectivity index (χ1) is 15.8. The van der Waals surface area contributed by atoms with E-state index in [1.165, 1.54) is 0 Å². The first kappa shape index (κ1) is 23.7. The molecule has 7 nitrogen and oxygen atoms in total. The number of aliphatic hydroxyl groups excluding tert-OH is 1. The average molecular weight is 488 g/mol. The second kappa shape index (κ2) is 9.80. The Morgan fingerprint density at radius 1 is 1.27 bits per heavy atom. The number of anilines is 1. The van der Waals surface area contributed by atoms with E-state index >= 15 is 0 Å². The Labute approximate surface area is 198 Å². The summed E-state index contributed by atoms with van der Waals surface area (Å²) >= 11 is 1.62. The molecule has 1 atom stereocenters. The molecular formula is C24H29N3O4S2. The van der Waals surface area contributed by atoms with Gasteiger partial charge in [0.15, 0.2) is 0 Å². The number of hydrogen-bond donors (Lipinski definition) is 3. The molecule has 1 aromatic heterocycles. The van der Waals surface area contributed by atoms with Crippen LogP contribution in [-0.4, -0.2) is 44.0 Å². The number of benzene rings is 2. The first-order valence-electron chi connectivity index (χ1n) is 11.0. The number of thiazole rings is 1. The Morgan fingerprint density at radius 2 is 2.09 bits per heavy atom. The summed E-state index contributed by atoms with van der Waals surface area (Å²) in [4.78, 5) is 5.72. The maximum absolute atomic E-state index is 12.2. The van der Waals surface area contributed by atoms with Crippen LogP contribution in [0.2, 0.25) is 0 Å². The van der Waals surface area contributed by atoms with Crippen molar-refractivity contribution >= 4 is 27.0 Å². The summed E-state index contributed by atoms with van der Waals surface area (Å²) in [5, 5.41) is 13.1. The predicted octanol–water partition coefficient (Wildman–Crippen LogP) is 4.21. The molecule has 2 aromatic carbocycles. The van der Waals surface area contributed by atoms with Crippen molar-refractivity contribution in [2.75, 3.05) is 24.7 Å². The summed E-state index contributed by atoms with van der Waals surface area (Å²) in [5.41, 5.74) is 5.16. The second-order valence-corrected chi connectivity index (χ2v) is 11.2. The van der Waals surface area contributed by atoms with Gasteiger partial charge in [0.1, 0.15) is 10.8 Å². The zero-order valence-electron chi connectivity index (χ0n) is 19.0. The van der Waals surface area contributed by atoms with E-state index in [9.17, 15) is 8.42 Å². The molecular weight excluding hydrogens is 458 g/mol. The minimum atomic E-state index is -3.51. The van der Waals surface area contributed by atoms with Crippen LogP contribution in [0.25, 0.3) is 21.0 Å². The summed E-state index contributed by atoms with van der Waals surface area (Å²) in [6.07, 6.45) is 3.46. The Morgan fingerprint density at radius 3 is 2.82 bits per heavy atom. The Kier molecular flexibility index (Phi) is 7.04. The van der Waals surface area contributed by atoms with Crippen LogP contribution >= 0.6 is 11.3 Å². The van der Waals surface area contributed by atoms with Crippen LogP contribution < -0.4 is 14.8 Å². The van der Waals surface area contributed by atoms with Crippen LogP contribution in [0.3, 0.4) is 0 Å². The van der Waals surface area contributed by atoms with Crippen molar-refractivity contribution in [2.45, 2.75) is 38.8 Å². The highest BCUT2D eigenvalue weighted by molar-refractivity contribution is 7.89. The minimum absolute atomic E-state index is 0.0894. The van der Waals surface area contributed by atoms with E-state index in [-0.39, 0.29) is 17.9 Å². The van der Waals surface area contributed by atoms with Crippen LogP contribution in [0.15, 0.2) is 42.6 Å². The molecule has 1 heterocycles. The molecule has 3 N–H and O–H groups in total. The van der Waals surface area contributed by atoms with Gasteiger partial charge in [-0.2, -0.15) is 0 Å². The van der Waals surface area contributed by atoms with Crippen molar-refractivity contribution in [1.29, 1.82) is 0 Å². The molecule has 0 bridgehead atoms. The van der Waals surface area contributed by atoms with E-state index < -0.39 is 16.6 Å². The van der Waals surface area contributed by atoms with Crippen LogP contribution in [-0.2, 0) is 16.4 Å².